The number of carbonyl (C=O) groups is 1. The van der Waals surface area contributed by atoms with Crippen molar-refractivity contribution in [3.63, 3.8) is 0 Å². The first kappa shape index (κ1) is 15.7. The predicted molar refractivity (Wildman–Crippen MR) is 77.8 cm³/mol. The zero-order valence-corrected chi connectivity index (χ0v) is 13.0. The first-order valence-corrected chi connectivity index (χ1v) is 9.02. The molecule has 1 aliphatic carbocycles. The fraction of sp³-hybridized carbons (Fsp3) is 0.923. The van der Waals surface area contributed by atoms with Crippen LogP contribution in [0.1, 0.15) is 25.7 Å². The molecular formula is C13H25N3O3S. The number of sulfonamides is 1. The second kappa shape index (κ2) is 6.87. The molecule has 0 aromatic carbocycles. The molecule has 1 saturated heterocycles. The van der Waals surface area contributed by atoms with Crippen LogP contribution in [-0.4, -0.2) is 69.1 Å². The van der Waals surface area contributed by atoms with Crippen molar-refractivity contribution in [2.75, 3.05) is 45.5 Å². The van der Waals surface area contributed by atoms with Gasteiger partial charge in [0.1, 0.15) is 0 Å². The van der Waals surface area contributed by atoms with Crippen LogP contribution in [0, 0.1) is 5.92 Å². The highest BCUT2D eigenvalue weighted by molar-refractivity contribution is 7.89. The quantitative estimate of drug-likeness (QED) is 0.768. The number of nitrogens with one attached hydrogen (secondary N) is 1. The van der Waals surface area contributed by atoms with E-state index in [0.29, 0.717) is 13.1 Å². The van der Waals surface area contributed by atoms with Crippen molar-refractivity contribution in [1.29, 1.82) is 0 Å². The number of piperazine rings is 1. The van der Waals surface area contributed by atoms with Crippen molar-refractivity contribution in [1.82, 2.24) is 14.5 Å². The number of nitrogens with zero attached hydrogens (tertiary/aromatic N) is 2. The van der Waals surface area contributed by atoms with Crippen LogP contribution in [0.25, 0.3) is 0 Å². The zero-order valence-electron chi connectivity index (χ0n) is 12.2. The molecular weight excluding hydrogens is 278 g/mol. The Morgan fingerprint density at radius 3 is 2.45 bits per heavy atom. The summed E-state index contributed by atoms with van der Waals surface area (Å²) in [6.45, 7) is 2.86. The predicted octanol–water partition coefficient (Wildman–Crippen LogP) is -0.130. The van der Waals surface area contributed by atoms with Gasteiger partial charge in [-0.25, -0.2) is 8.42 Å². The monoisotopic (exact) mass is 303 g/mol. The normalized spacial score (nSPS) is 21.6. The van der Waals surface area contributed by atoms with E-state index in [9.17, 15) is 13.2 Å². The largest absolute Gasteiger partial charge is 0.339 e. The molecule has 116 valence electrons. The molecule has 1 saturated carbocycles. The summed E-state index contributed by atoms with van der Waals surface area (Å²) in [6.07, 6.45) is 4.25. The van der Waals surface area contributed by atoms with Crippen LogP contribution in [0.15, 0.2) is 0 Å². The smallest absolute Gasteiger partial charge is 0.237 e. The number of hydrogen-bond acceptors (Lipinski definition) is 4. The van der Waals surface area contributed by atoms with Crippen molar-refractivity contribution in [3.8, 4) is 0 Å². The highest BCUT2D eigenvalue weighted by atomic mass is 32.2. The molecule has 2 aliphatic rings. The van der Waals surface area contributed by atoms with Crippen molar-refractivity contribution >= 4 is 15.9 Å². The zero-order chi connectivity index (χ0) is 14.6. The van der Waals surface area contributed by atoms with E-state index in [1.165, 1.54) is 11.4 Å². The van der Waals surface area contributed by atoms with Crippen LogP contribution in [0.2, 0.25) is 0 Å². The van der Waals surface area contributed by atoms with Crippen LogP contribution >= 0.6 is 0 Å². The highest BCUT2D eigenvalue weighted by Crippen LogP contribution is 2.26. The average molecular weight is 303 g/mol. The Balaban J connectivity index is 1.85. The Bertz CT molecular complexity index is 426. The Morgan fingerprint density at radius 2 is 1.85 bits per heavy atom. The maximum atomic E-state index is 12.2. The molecule has 1 N–H and O–H groups in total. The lowest BCUT2D eigenvalue weighted by molar-refractivity contribution is -0.131. The molecule has 0 atom stereocenters. The summed E-state index contributed by atoms with van der Waals surface area (Å²) in [5.41, 5.74) is 0. The molecule has 2 rings (SSSR count). The third-order valence-electron chi connectivity index (χ3n) is 4.22. The van der Waals surface area contributed by atoms with Crippen LogP contribution in [0.3, 0.4) is 0 Å². The van der Waals surface area contributed by atoms with Gasteiger partial charge in [-0.15, -0.1) is 0 Å². The number of hydrogen-bond donors (Lipinski definition) is 1. The van der Waals surface area contributed by atoms with Crippen molar-refractivity contribution in [3.05, 3.63) is 0 Å². The summed E-state index contributed by atoms with van der Waals surface area (Å²) in [5, 5.41) is 3.18. The lowest BCUT2D eigenvalue weighted by Crippen LogP contribution is -2.50. The van der Waals surface area contributed by atoms with E-state index in [1.54, 1.807) is 4.90 Å². The third-order valence-corrected chi connectivity index (χ3v) is 6.20. The number of amides is 1. The van der Waals surface area contributed by atoms with Gasteiger partial charge in [0, 0.05) is 33.2 Å². The van der Waals surface area contributed by atoms with Gasteiger partial charge in [-0.2, -0.15) is 4.31 Å². The van der Waals surface area contributed by atoms with Gasteiger partial charge < -0.3 is 10.2 Å². The van der Waals surface area contributed by atoms with Gasteiger partial charge in [0.05, 0.1) is 12.3 Å². The summed E-state index contributed by atoms with van der Waals surface area (Å²) in [5.74, 6) is 0.374. The molecule has 20 heavy (non-hydrogen) atoms. The summed E-state index contributed by atoms with van der Waals surface area (Å²) < 4.78 is 25.7. The molecule has 0 bridgehead atoms. The van der Waals surface area contributed by atoms with E-state index in [-0.39, 0.29) is 24.1 Å². The minimum Gasteiger partial charge on any atom is -0.339 e. The second-order valence-electron chi connectivity index (χ2n) is 5.82. The Morgan fingerprint density at radius 1 is 1.25 bits per heavy atom. The SMILES string of the molecule is CN(CC(=O)N1CCNCC1)S(=O)(=O)CC1CCCC1. The standard InChI is InChI=1S/C13H25N3O3S/c1-15(10-13(17)16-8-6-14-7-9-16)20(18,19)11-12-4-2-3-5-12/h12,14H,2-11H2,1H3. The molecule has 0 spiro atoms. The average Bonchev–Trinajstić information content (AvgIpc) is 2.91. The molecule has 1 amide bonds. The van der Waals surface area contributed by atoms with E-state index < -0.39 is 10.0 Å². The lowest BCUT2D eigenvalue weighted by atomic mass is 10.1. The number of likely N-dealkylation sites (N-methyl/N-ethyl adjacent to an activating group) is 1. The fourth-order valence-electron chi connectivity index (χ4n) is 2.91. The summed E-state index contributed by atoms with van der Waals surface area (Å²) in [7, 11) is -1.79. The molecule has 7 heteroatoms. The Labute approximate surface area is 121 Å². The summed E-state index contributed by atoms with van der Waals surface area (Å²) in [6, 6.07) is 0. The summed E-state index contributed by atoms with van der Waals surface area (Å²) >= 11 is 0. The van der Waals surface area contributed by atoms with E-state index in [2.05, 4.69) is 5.32 Å². The van der Waals surface area contributed by atoms with E-state index in [1.807, 2.05) is 0 Å². The Kier molecular flexibility index (Phi) is 5.40. The van der Waals surface area contributed by atoms with Gasteiger partial charge in [-0.3, -0.25) is 4.79 Å². The van der Waals surface area contributed by atoms with Crippen LogP contribution in [-0.2, 0) is 14.8 Å². The fourth-order valence-corrected chi connectivity index (χ4v) is 4.40. The number of rotatable bonds is 5. The van der Waals surface area contributed by atoms with E-state index in [4.69, 9.17) is 0 Å². The van der Waals surface area contributed by atoms with Gasteiger partial charge in [0.2, 0.25) is 15.9 Å². The Hall–Kier alpha value is -0.660. The van der Waals surface area contributed by atoms with Crippen LogP contribution < -0.4 is 5.32 Å². The maximum Gasteiger partial charge on any atom is 0.237 e. The van der Waals surface area contributed by atoms with Crippen LogP contribution in [0.5, 0.6) is 0 Å². The van der Waals surface area contributed by atoms with Gasteiger partial charge in [0.15, 0.2) is 0 Å². The topological polar surface area (TPSA) is 69.7 Å². The molecule has 1 heterocycles. The maximum absolute atomic E-state index is 12.2. The van der Waals surface area contributed by atoms with Gasteiger partial charge in [-0.1, -0.05) is 12.8 Å². The molecule has 1 aliphatic heterocycles. The molecule has 0 aromatic rings. The van der Waals surface area contributed by atoms with Gasteiger partial charge in [0.25, 0.3) is 0 Å². The molecule has 0 aromatic heterocycles. The molecule has 6 nitrogen and oxygen atoms in total. The molecule has 2 fully saturated rings. The minimum atomic E-state index is -3.31. The first-order valence-electron chi connectivity index (χ1n) is 7.41. The van der Waals surface area contributed by atoms with Crippen molar-refractivity contribution in [2.24, 2.45) is 5.92 Å². The van der Waals surface area contributed by atoms with Gasteiger partial charge in [-0.05, 0) is 18.8 Å². The van der Waals surface area contributed by atoms with Gasteiger partial charge >= 0.3 is 0 Å². The number of carbonyl (C=O) groups excluding carboxylic acids is 1. The van der Waals surface area contributed by atoms with E-state index in [0.717, 1.165) is 38.8 Å². The van der Waals surface area contributed by atoms with E-state index >= 15 is 0 Å². The molecule has 0 unspecified atom stereocenters. The first-order chi connectivity index (χ1) is 9.49. The highest BCUT2D eigenvalue weighted by Gasteiger charge is 2.28. The third kappa shape index (κ3) is 4.17. The molecule has 0 radical (unpaired) electrons. The van der Waals surface area contributed by atoms with Crippen molar-refractivity contribution < 1.29 is 13.2 Å². The second-order valence-corrected chi connectivity index (χ2v) is 7.94. The lowest BCUT2D eigenvalue weighted by Gasteiger charge is -2.29. The van der Waals surface area contributed by atoms with Crippen LogP contribution in [0.4, 0.5) is 0 Å². The minimum absolute atomic E-state index is 0.0327. The van der Waals surface area contributed by atoms with Crippen molar-refractivity contribution in [2.45, 2.75) is 25.7 Å². The summed E-state index contributed by atoms with van der Waals surface area (Å²) in [4.78, 5) is 13.8.